The van der Waals surface area contributed by atoms with E-state index in [1.54, 1.807) is 24.5 Å². The number of carbonyl (C=O) groups is 1. The van der Waals surface area contributed by atoms with E-state index in [1.807, 2.05) is 23.1 Å². The summed E-state index contributed by atoms with van der Waals surface area (Å²) in [7, 11) is 0. The zero-order chi connectivity index (χ0) is 14.7. The Hall–Kier alpha value is -2.20. The Morgan fingerprint density at radius 3 is 2.62 bits per heavy atom. The van der Waals surface area contributed by atoms with Crippen molar-refractivity contribution in [1.29, 1.82) is 0 Å². The average molecular weight is 281 g/mol. The zero-order valence-corrected chi connectivity index (χ0v) is 12.1. The molecule has 0 radical (unpaired) electrons. The number of piperazine rings is 1. The number of rotatable bonds is 2. The van der Waals surface area contributed by atoms with Gasteiger partial charge in [-0.1, -0.05) is 30.3 Å². The van der Waals surface area contributed by atoms with Crippen LogP contribution in [0.1, 0.15) is 28.9 Å². The number of benzene rings is 1. The summed E-state index contributed by atoms with van der Waals surface area (Å²) in [6.07, 6.45) is 3.33. The molecule has 2 heterocycles. The highest BCUT2D eigenvalue weighted by molar-refractivity contribution is 5.94. The molecule has 3 rings (SSSR count). The van der Waals surface area contributed by atoms with Crippen LogP contribution in [0.15, 0.2) is 54.9 Å². The summed E-state index contributed by atoms with van der Waals surface area (Å²) in [5.74, 6) is 0.0691. The first kappa shape index (κ1) is 13.8. The van der Waals surface area contributed by atoms with Crippen molar-refractivity contribution in [2.75, 3.05) is 13.1 Å². The normalized spacial score (nSPS) is 22.0. The van der Waals surface area contributed by atoms with Gasteiger partial charge < -0.3 is 10.2 Å². The molecule has 1 N–H and O–H groups in total. The quantitative estimate of drug-likeness (QED) is 0.918. The standard InChI is InChI=1S/C17H19N3O/c1-13-12-20(17(21)15-7-9-18-10-8-15)16(11-19-13)14-5-3-2-4-6-14/h2-10,13,16,19H,11-12H2,1H3. The second-order valence-corrected chi connectivity index (χ2v) is 5.43. The Bertz CT molecular complexity index is 600. The molecule has 108 valence electrons. The monoisotopic (exact) mass is 281 g/mol. The van der Waals surface area contributed by atoms with Gasteiger partial charge in [0.05, 0.1) is 6.04 Å². The van der Waals surface area contributed by atoms with Gasteiger partial charge in [0, 0.05) is 37.1 Å². The SMILES string of the molecule is CC1CN(C(=O)c2ccncc2)C(c2ccccc2)CN1. The van der Waals surface area contributed by atoms with Crippen molar-refractivity contribution in [2.24, 2.45) is 0 Å². The zero-order valence-electron chi connectivity index (χ0n) is 12.1. The van der Waals surface area contributed by atoms with Gasteiger partial charge in [0.1, 0.15) is 0 Å². The molecule has 1 fully saturated rings. The predicted octanol–water partition coefficient (Wildman–Crippen LogP) is 2.26. The Balaban J connectivity index is 1.90. The van der Waals surface area contributed by atoms with E-state index in [9.17, 15) is 4.79 Å². The number of hydrogen-bond acceptors (Lipinski definition) is 3. The highest BCUT2D eigenvalue weighted by Crippen LogP contribution is 2.25. The van der Waals surface area contributed by atoms with E-state index < -0.39 is 0 Å². The fourth-order valence-corrected chi connectivity index (χ4v) is 2.77. The minimum Gasteiger partial charge on any atom is -0.329 e. The van der Waals surface area contributed by atoms with Gasteiger partial charge in [0.15, 0.2) is 0 Å². The second-order valence-electron chi connectivity index (χ2n) is 5.43. The molecule has 0 saturated carbocycles. The van der Waals surface area contributed by atoms with Crippen LogP contribution in [0.5, 0.6) is 0 Å². The van der Waals surface area contributed by atoms with E-state index in [1.165, 1.54) is 5.56 Å². The van der Waals surface area contributed by atoms with Crippen LogP contribution in [0.4, 0.5) is 0 Å². The lowest BCUT2D eigenvalue weighted by molar-refractivity contribution is 0.0591. The minimum absolute atomic E-state index is 0.0691. The second kappa shape index (κ2) is 6.06. The molecule has 1 aliphatic rings. The summed E-state index contributed by atoms with van der Waals surface area (Å²) in [6.45, 7) is 3.59. The highest BCUT2D eigenvalue weighted by Gasteiger charge is 2.31. The van der Waals surface area contributed by atoms with Crippen LogP contribution in [0.3, 0.4) is 0 Å². The summed E-state index contributed by atoms with van der Waals surface area (Å²) >= 11 is 0. The van der Waals surface area contributed by atoms with Gasteiger partial charge >= 0.3 is 0 Å². The van der Waals surface area contributed by atoms with Crippen LogP contribution in [0, 0.1) is 0 Å². The molecule has 4 heteroatoms. The molecule has 21 heavy (non-hydrogen) atoms. The van der Waals surface area contributed by atoms with Crippen molar-refractivity contribution in [3.05, 3.63) is 66.0 Å². The third kappa shape index (κ3) is 2.95. The number of nitrogens with zero attached hydrogens (tertiary/aromatic N) is 2. The number of pyridine rings is 1. The maximum Gasteiger partial charge on any atom is 0.254 e. The Kier molecular flexibility index (Phi) is 3.97. The molecule has 1 aliphatic heterocycles. The first-order chi connectivity index (χ1) is 10.3. The van der Waals surface area contributed by atoms with Crippen LogP contribution < -0.4 is 5.32 Å². The van der Waals surface area contributed by atoms with Crippen LogP contribution in [-0.4, -0.2) is 34.9 Å². The summed E-state index contributed by atoms with van der Waals surface area (Å²) in [6, 6.07) is 14.1. The van der Waals surface area contributed by atoms with Crippen molar-refractivity contribution in [3.63, 3.8) is 0 Å². The maximum atomic E-state index is 12.8. The van der Waals surface area contributed by atoms with Crippen molar-refractivity contribution >= 4 is 5.91 Å². The Labute approximate surface area is 124 Å². The third-order valence-electron chi connectivity index (χ3n) is 3.88. The smallest absolute Gasteiger partial charge is 0.254 e. The number of nitrogens with one attached hydrogen (secondary N) is 1. The largest absolute Gasteiger partial charge is 0.329 e. The molecular weight excluding hydrogens is 262 g/mol. The van der Waals surface area contributed by atoms with E-state index >= 15 is 0 Å². The van der Waals surface area contributed by atoms with Crippen LogP contribution in [-0.2, 0) is 0 Å². The lowest BCUT2D eigenvalue weighted by Crippen LogP contribution is -2.53. The van der Waals surface area contributed by atoms with E-state index in [0.717, 1.165) is 6.54 Å². The summed E-state index contributed by atoms with van der Waals surface area (Å²) in [5, 5.41) is 3.46. The first-order valence-electron chi connectivity index (χ1n) is 7.25. The van der Waals surface area contributed by atoms with Crippen molar-refractivity contribution < 1.29 is 4.79 Å². The fraction of sp³-hybridized carbons (Fsp3) is 0.294. The molecule has 1 saturated heterocycles. The lowest BCUT2D eigenvalue weighted by Gasteiger charge is -2.39. The van der Waals surface area contributed by atoms with Gasteiger partial charge in [-0.2, -0.15) is 0 Å². The van der Waals surface area contributed by atoms with E-state index in [-0.39, 0.29) is 11.9 Å². The number of carbonyl (C=O) groups excluding carboxylic acids is 1. The molecule has 0 spiro atoms. The number of hydrogen-bond donors (Lipinski definition) is 1. The molecule has 1 aromatic carbocycles. The van der Waals surface area contributed by atoms with Gasteiger partial charge in [-0.25, -0.2) is 0 Å². The molecule has 1 aromatic heterocycles. The molecular formula is C17H19N3O. The molecule has 1 amide bonds. The number of aromatic nitrogens is 1. The van der Waals surface area contributed by atoms with E-state index in [2.05, 4.69) is 29.4 Å². The van der Waals surface area contributed by atoms with Gasteiger partial charge in [0.25, 0.3) is 5.91 Å². The van der Waals surface area contributed by atoms with E-state index in [4.69, 9.17) is 0 Å². The fourth-order valence-electron chi connectivity index (χ4n) is 2.77. The van der Waals surface area contributed by atoms with Crippen molar-refractivity contribution in [3.8, 4) is 0 Å². The topological polar surface area (TPSA) is 45.2 Å². The van der Waals surface area contributed by atoms with E-state index in [0.29, 0.717) is 18.2 Å². The van der Waals surface area contributed by atoms with Gasteiger partial charge in [0.2, 0.25) is 0 Å². The predicted molar refractivity (Wildman–Crippen MR) is 81.9 cm³/mol. The highest BCUT2D eigenvalue weighted by atomic mass is 16.2. The lowest BCUT2D eigenvalue weighted by atomic mass is 10.0. The van der Waals surface area contributed by atoms with Gasteiger partial charge in [-0.15, -0.1) is 0 Å². The molecule has 2 atom stereocenters. The Morgan fingerprint density at radius 2 is 1.90 bits per heavy atom. The Morgan fingerprint density at radius 1 is 1.19 bits per heavy atom. The van der Waals surface area contributed by atoms with Gasteiger partial charge in [-0.05, 0) is 24.6 Å². The van der Waals surface area contributed by atoms with Gasteiger partial charge in [-0.3, -0.25) is 9.78 Å². The number of amides is 1. The summed E-state index contributed by atoms with van der Waals surface area (Å²) in [4.78, 5) is 18.7. The van der Waals surface area contributed by atoms with Crippen LogP contribution in [0.2, 0.25) is 0 Å². The average Bonchev–Trinajstić information content (AvgIpc) is 2.56. The first-order valence-corrected chi connectivity index (χ1v) is 7.25. The van der Waals surface area contributed by atoms with Crippen molar-refractivity contribution in [1.82, 2.24) is 15.2 Å². The molecule has 2 unspecified atom stereocenters. The maximum absolute atomic E-state index is 12.8. The molecule has 0 bridgehead atoms. The summed E-state index contributed by atoms with van der Waals surface area (Å²) < 4.78 is 0. The van der Waals surface area contributed by atoms with Crippen molar-refractivity contribution in [2.45, 2.75) is 19.0 Å². The van der Waals surface area contributed by atoms with Crippen LogP contribution >= 0.6 is 0 Å². The van der Waals surface area contributed by atoms with Crippen LogP contribution in [0.25, 0.3) is 0 Å². The molecule has 2 aromatic rings. The minimum atomic E-state index is 0.0691. The third-order valence-corrected chi connectivity index (χ3v) is 3.88. The molecule has 0 aliphatic carbocycles. The summed E-state index contributed by atoms with van der Waals surface area (Å²) in [5.41, 5.74) is 1.86. The molecule has 4 nitrogen and oxygen atoms in total.